The normalized spacial score (nSPS) is 11.0. The van der Waals surface area contributed by atoms with Crippen molar-refractivity contribution in [2.75, 3.05) is 13.1 Å². The predicted molar refractivity (Wildman–Crippen MR) is 107 cm³/mol. The fourth-order valence-corrected chi connectivity index (χ4v) is 2.77. The van der Waals surface area contributed by atoms with Crippen LogP contribution in [0.15, 0.2) is 24.4 Å². The van der Waals surface area contributed by atoms with Gasteiger partial charge in [0.2, 0.25) is 5.91 Å². The van der Waals surface area contributed by atoms with Crippen LogP contribution in [0.4, 0.5) is 0 Å². The van der Waals surface area contributed by atoms with E-state index >= 15 is 0 Å². The molecule has 0 aliphatic rings. The van der Waals surface area contributed by atoms with Gasteiger partial charge in [-0.05, 0) is 31.6 Å². The van der Waals surface area contributed by atoms with E-state index in [0.717, 1.165) is 25.1 Å². The monoisotopic (exact) mass is 405 g/mol. The lowest BCUT2D eigenvalue weighted by molar-refractivity contribution is -0.116. The minimum Gasteiger partial charge on any atom is -0.505 e. The van der Waals surface area contributed by atoms with Crippen molar-refractivity contribution in [2.24, 2.45) is 0 Å². The van der Waals surface area contributed by atoms with Gasteiger partial charge in [0.05, 0.1) is 5.69 Å². The first kappa shape index (κ1) is 21.4. The van der Waals surface area contributed by atoms with Crippen LogP contribution in [-0.4, -0.2) is 44.8 Å². The van der Waals surface area contributed by atoms with Crippen molar-refractivity contribution in [1.29, 1.82) is 0 Å². The molecule has 8 nitrogen and oxygen atoms in total. The van der Waals surface area contributed by atoms with E-state index in [1.165, 1.54) is 24.4 Å². The summed E-state index contributed by atoms with van der Waals surface area (Å²) in [5.74, 6) is -1.02. The number of hydrogen-bond donors (Lipinski definition) is 3. The molecule has 2 heterocycles. The second kappa shape index (κ2) is 10.5. The first-order valence-electron chi connectivity index (χ1n) is 9.05. The van der Waals surface area contributed by atoms with Crippen LogP contribution >= 0.6 is 11.6 Å². The van der Waals surface area contributed by atoms with Crippen LogP contribution in [0.25, 0.3) is 6.08 Å². The first-order chi connectivity index (χ1) is 13.4. The molecule has 0 unspecified atom stereocenters. The highest BCUT2D eigenvalue weighted by molar-refractivity contribution is 6.31. The molecule has 0 saturated heterocycles. The molecule has 2 rings (SSSR count). The molecule has 0 bridgehead atoms. The fourth-order valence-electron chi connectivity index (χ4n) is 2.45. The van der Waals surface area contributed by atoms with Gasteiger partial charge in [0.25, 0.3) is 5.91 Å². The minimum atomic E-state index is -0.509. The lowest BCUT2D eigenvalue weighted by Crippen LogP contribution is -2.34. The van der Waals surface area contributed by atoms with Crippen LogP contribution < -0.4 is 10.6 Å². The number of amides is 2. The molecule has 0 aromatic carbocycles. The zero-order valence-electron chi connectivity index (χ0n) is 15.9. The molecule has 28 heavy (non-hydrogen) atoms. The summed E-state index contributed by atoms with van der Waals surface area (Å²) in [6.45, 7) is 5.10. The van der Waals surface area contributed by atoms with Gasteiger partial charge in [-0.1, -0.05) is 24.9 Å². The quantitative estimate of drug-likeness (QED) is 0.438. The van der Waals surface area contributed by atoms with E-state index in [1.54, 1.807) is 10.8 Å². The van der Waals surface area contributed by atoms with E-state index in [2.05, 4.69) is 27.6 Å². The number of halogens is 1. The number of aromatic hydroxyl groups is 1. The summed E-state index contributed by atoms with van der Waals surface area (Å²) in [4.78, 5) is 27.7. The molecule has 2 aromatic rings. The number of rotatable bonds is 9. The van der Waals surface area contributed by atoms with Crippen LogP contribution in [0.2, 0.25) is 5.15 Å². The summed E-state index contributed by atoms with van der Waals surface area (Å²) in [7, 11) is 0. The second-order valence-electron chi connectivity index (χ2n) is 6.12. The number of carbonyl (C=O) groups is 2. The molecule has 3 N–H and O–H groups in total. The zero-order chi connectivity index (χ0) is 20.5. The maximum absolute atomic E-state index is 12.0. The minimum absolute atomic E-state index is 0.0566. The van der Waals surface area contributed by atoms with Gasteiger partial charge in [0, 0.05) is 37.5 Å². The van der Waals surface area contributed by atoms with Gasteiger partial charge < -0.3 is 15.7 Å². The van der Waals surface area contributed by atoms with Crippen molar-refractivity contribution in [2.45, 2.75) is 33.2 Å². The third-order valence-electron chi connectivity index (χ3n) is 3.95. The van der Waals surface area contributed by atoms with Crippen molar-refractivity contribution < 1.29 is 14.7 Å². The lowest BCUT2D eigenvalue weighted by Gasteiger charge is -2.06. The summed E-state index contributed by atoms with van der Waals surface area (Å²) in [6.07, 6.45) is 6.45. The number of nitrogens with one attached hydrogen (secondary N) is 2. The largest absolute Gasteiger partial charge is 0.505 e. The number of nitrogens with zero attached hydrogens (tertiary/aromatic N) is 3. The van der Waals surface area contributed by atoms with Gasteiger partial charge in [0.1, 0.15) is 10.9 Å². The van der Waals surface area contributed by atoms with Crippen LogP contribution in [0.3, 0.4) is 0 Å². The summed E-state index contributed by atoms with van der Waals surface area (Å²) in [6, 6.07) is 2.91. The Bertz CT molecular complexity index is 863. The molecule has 9 heteroatoms. The van der Waals surface area contributed by atoms with E-state index in [0.29, 0.717) is 10.7 Å². The smallest absolute Gasteiger partial charge is 0.273 e. The van der Waals surface area contributed by atoms with Crippen LogP contribution in [0, 0.1) is 6.92 Å². The van der Waals surface area contributed by atoms with Crippen molar-refractivity contribution in [1.82, 2.24) is 25.4 Å². The van der Waals surface area contributed by atoms with Crippen molar-refractivity contribution in [3.63, 3.8) is 0 Å². The van der Waals surface area contributed by atoms with Crippen molar-refractivity contribution >= 4 is 29.5 Å². The molecule has 150 valence electrons. The van der Waals surface area contributed by atoms with E-state index in [4.69, 9.17) is 11.6 Å². The Labute approximate surface area is 168 Å². The summed E-state index contributed by atoms with van der Waals surface area (Å²) in [5.41, 5.74) is 1.42. The van der Waals surface area contributed by atoms with Gasteiger partial charge in [-0.15, -0.1) is 0 Å². The Kier molecular flexibility index (Phi) is 8.01. The molecule has 2 amide bonds. The molecule has 0 aliphatic heterocycles. The first-order valence-corrected chi connectivity index (χ1v) is 9.42. The molecule has 0 saturated carbocycles. The maximum Gasteiger partial charge on any atom is 0.273 e. The molecule has 2 aromatic heterocycles. The van der Waals surface area contributed by atoms with Gasteiger partial charge in [-0.25, -0.2) is 4.98 Å². The summed E-state index contributed by atoms with van der Waals surface area (Å²) in [5, 5.41) is 19.7. The van der Waals surface area contributed by atoms with Gasteiger partial charge >= 0.3 is 0 Å². The topological polar surface area (TPSA) is 109 Å². The lowest BCUT2D eigenvalue weighted by atomic mass is 10.2. The number of aromatic nitrogens is 3. The molecular formula is C19H24ClN5O3. The molecule has 0 fully saturated rings. The highest BCUT2D eigenvalue weighted by Crippen LogP contribution is 2.21. The summed E-state index contributed by atoms with van der Waals surface area (Å²) < 4.78 is 1.74. The highest BCUT2D eigenvalue weighted by atomic mass is 35.5. The van der Waals surface area contributed by atoms with E-state index in [-0.39, 0.29) is 30.4 Å². The van der Waals surface area contributed by atoms with E-state index in [1.807, 2.05) is 6.92 Å². The number of pyridine rings is 1. The van der Waals surface area contributed by atoms with Crippen LogP contribution in [0.1, 0.15) is 41.5 Å². The number of carbonyl (C=O) groups excluding carboxylic acids is 2. The molecular weight excluding hydrogens is 382 g/mol. The van der Waals surface area contributed by atoms with E-state index in [9.17, 15) is 14.7 Å². The van der Waals surface area contributed by atoms with Gasteiger partial charge in [0.15, 0.2) is 5.69 Å². The van der Waals surface area contributed by atoms with Crippen molar-refractivity contribution in [3.05, 3.63) is 46.5 Å². The average molecular weight is 406 g/mol. The Morgan fingerprint density at radius 2 is 2.07 bits per heavy atom. The van der Waals surface area contributed by atoms with Crippen LogP contribution in [-0.2, 0) is 11.3 Å². The SMILES string of the molecule is CCCCn1nc(C)c(/C=C/C(=O)NCCNC(=O)c2ncccc2O)c1Cl. The Hall–Kier alpha value is -2.87. The zero-order valence-corrected chi connectivity index (χ0v) is 16.7. The Morgan fingerprint density at radius 3 is 2.79 bits per heavy atom. The number of aryl methyl sites for hydroxylation is 2. The van der Waals surface area contributed by atoms with Crippen molar-refractivity contribution in [3.8, 4) is 5.75 Å². The Morgan fingerprint density at radius 1 is 1.32 bits per heavy atom. The number of unbranched alkanes of at least 4 members (excludes halogenated alkanes) is 1. The van der Waals surface area contributed by atoms with Crippen LogP contribution in [0.5, 0.6) is 5.75 Å². The predicted octanol–water partition coefficient (Wildman–Crippen LogP) is 2.31. The molecule has 0 spiro atoms. The Balaban J connectivity index is 1.80. The standard InChI is InChI=1S/C19H24ClN5O3/c1-3-4-12-25-18(20)14(13(2)24-25)7-8-16(27)21-10-11-23-19(28)17-15(26)6-5-9-22-17/h5-9,26H,3-4,10-12H2,1-2H3,(H,21,27)(H,23,28)/b8-7+. The fraction of sp³-hybridized carbons (Fsp3) is 0.368. The maximum atomic E-state index is 12.0. The average Bonchev–Trinajstić information content (AvgIpc) is 2.95. The molecule has 0 atom stereocenters. The molecule has 0 aliphatic carbocycles. The summed E-state index contributed by atoms with van der Waals surface area (Å²) >= 11 is 6.33. The molecule has 0 radical (unpaired) electrons. The van der Waals surface area contributed by atoms with Gasteiger partial charge in [-0.3, -0.25) is 14.3 Å². The highest BCUT2D eigenvalue weighted by Gasteiger charge is 2.12. The number of hydrogen-bond acceptors (Lipinski definition) is 5. The van der Waals surface area contributed by atoms with Gasteiger partial charge in [-0.2, -0.15) is 5.10 Å². The second-order valence-corrected chi connectivity index (χ2v) is 6.48. The third kappa shape index (κ3) is 5.82. The third-order valence-corrected chi connectivity index (χ3v) is 4.34. The van der Waals surface area contributed by atoms with E-state index < -0.39 is 5.91 Å².